The second-order valence-electron chi connectivity index (χ2n) is 6.52. The summed E-state index contributed by atoms with van der Waals surface area (Å²) in [5.74, 6) is 0.707. The number of anilines is 1. The molecule has 1 aromatic heterocycles. The van der Waals surface area contributed by atoms with Gasteiger partial charge in [0.1, 0.15) is 6.61 Å². The smallest absolute Gasteiger partial charge is 0.256 e. The summed E-state index contributed by atoms with van der Waals surface area (Å²) in [7, 11) is 0. The van der Waals surface area contributed by atoms with Crippen LogP contribution in [0.25, 0.3) is 11.1 Å². The molecule has 0 spiro atoms. The van der Waals surface area contributed by atoms with Crippen molar-refractivity contribution in [1.82, 2.24) is 4.98 Å². The maximum Gasteiger partial charge on any atom is 0.256 e. The number of hydrogen-bond acceptors (Lipinski definition) is 3. The van der Waals surface area contributed by atoms with E-state index in [1.165, 1.54) is 0 Å². The van der Waals surface area contributed by atoms with Gasteiger partial charge in [-0.25, -0.2) is 4.98 Å². The molecule has 4 rings (SSSR count). The Balaban J connectivity index is 1.46. The molecule has 0 saturated heterocycles. The Labute approximate surface area is 169 Å². The molecule has 1 heterocycles. The van der Waals surface area contributed by atoms with Gasteiger partial charge < -0.3 is 10.1 Å². The van der Waals surface area contributed by atoms with Gasteiger partial charge in [0, 0.05) is 11.8 Å². The van der Waals surface area contributed by atoms with E-state index in [-0.39, 0.29) is 5.91 Å². The molecule has 0 atom stereocenters. The largest absolute Gasteiger partial charge is 0.485 e. The van der Waals surface area contributed by atoms with Gasteiger partial charge in [0.05, 0.1) is 0 Å². The summed E-state index contributed by atoms with van der Waals surface area (Å²) < 4.78 is 5.86. The summed E-state index contributed by atoms with van der Waals surface area (Å²) in [6.45, 7) is 0.404. The van der Waals surface area contributed by atoms with Gasteiger partial charge in [-0.3, -0.25) is 4.79 Å². The molecule has 3 aromatic carbocycles. The predicted octanol–water partition coefficient (Wildman–Crippen LogP) is 5.58. The van der Waals surface area contributed by atoms with Gasteiger partial charge in [-0.15, -0.1) is 0 Å². The van der Waals surface area contributed by atoms with Crippen LogP contribution < -0.4 is 10.1 Å². The monoisotopic (exact) mass is 380 g/mol. The molecule has 0 saturated carbocycles. The summed E-state index contributed by atoms with van der Waals surface area (Å²) in [6.07, 6.45) is 1.63. The third-order valence-electron chi connectivity index (χ3n) is 4.49. The first kappa shape index (κ1) is 18.4. The number of nitrogens with one attached hydrogen (secondary N) is 1. The molecule has 1 N–H and O–H groups in total. The molecule has 1 amide bonds. The standard InChI is InChI=1S/C25H20N2O2/c28-25(22-15-13-21(14-16-22)20-10-5-2-6-11-20)27-24-23(12-7-17-26-24)29-18-19-8-3-1-4-9-19/h1-17H,18H2,(H,26,27,28). The van der Waals surface area contributed by atoms with Crippen LogP contribution in [0.15, 0.2) is 103 Å². The highest BCUT2D eigenvalue weighted by atomic mass is 16.5. The van der Waals surface area contributed by atoms with Crippen molar-refractivity contribution in [3.8, 4) is 16.9 Å². The van der Waals surface area contributed by atoms with Gasteiger partial charge in [0.15, 0.2) is 11.6 Å². The van der Waals surface area contributed by atoms with Crippen LogP contribution in [0, 0.1) is 0 Å². The van der Waals surface area contributed by atoms with E-state index in [9.17, 15) is 4.79 Å². The summed E-state index contributed by atoms with van der Waals surface area (Å²) in [5, 5.41) is 2.85. The molecule has 0 unspecified atom stereocenters. The van der Waals surface area contributed by atoms with Crippen LogP contribution in [0.5, 0.6) is 5.75 Å². The lowest BCUT2D eigenvalue weighted by molar-refractivity contribution is 0.102. The second-order valence-corrected chi connectivity index (χ2v) is 6.52. The number of rotatable bonds is 6. The Morgan fingerprint density at radius 3 is 2.14 bits per heavy atom. The number of amides is 1. The van der Waals surface area contributed by atoms with Gasteiger partial charge in [-0.2, -0.15) is 0 Å². The Morgan fingerprint density at radius 2 is 1.41 bits per heavy atom. The molecule has 4 aromatic rings. The van der Waals surface area contributed by atoms with Gasteiger partial charge in [-0.05, 0) is 41.0 Å². The highest BCUT2D eigenvalue weighted by Crippen LogP contribution is 2.24. The molecule has 142 valence electrons. The number of carbonyl (C=O) groups excluding carboxylic acids is 1. The minimum atomic E-state index is -0.229. The molecule has 4 heteroatoms. The highest BCUT2D eigenvalue weighted by molar-refractivity contribution is 6.04. The van der Waals surface area contributed by atoms with Crippen LogP contribution >= 0.6 is 0 Å². The topological polar surface area (TPSA) is 51.2 Å². The van der Waals surface area contributed by atoms with Crippen molar-refractivity contribution in [1.29, 1.82) is 0 Å². The number of benzene rings is 3. The van der Waals surface area contributed by atoms with Crippen LogP contribution in [-0.2, 0) is 6.61 Å². The van der Waals surface area contributed by atoms with Crippen molar-refractivity contribution in [2.75, 3.05) is 5.32 Å². The summed E-state index contributed by atoms with van der Waals surface area (Å²) in [4.78, 5) is 16.9. The fourth-order valence-electron chi connectivity index (χ4n) is 2.96. The average Bonchev–Trinajstić information content (AvgIpc) is 2.80. The van der Waals surface area contributed by atoms with Crippen molar-refractivity contribution in [3.05, 3.63) is 114 Å². The maximum atomic E-state index is 12.7. The number of nitrogens with zero attached hydrogens (tertiary/aromatic N) is 1. The molecular weight excluding hydrogens is 360 g/mol. The molecule has 0 aliphatic heterocycles. The molecule has 29 heavy (non-hydrogen) atoms. The van der Waals surface area contributed by atoms with Crippen LogP contribution in [0.2, 0.25) is 0 Å². The summed E-state index contributed by atoms with van der Waals surface area (Å²) in [5.41, 5.74) is 3.78. The quantitative estimate of drug-likeness (QED) is 0.475. The third-order valence-corrected chi connectivity index (χ3v) is 4.49. The van der Waals surface area contributed by atoms with Crippen molar-refractivity contribution in [3.63, 3.8) is 0 Å². The zero-order valence-electron chi connectivity index (χ0n) is 15.8. The van der Waals surface area contributed by atoms with E-state index in [1.807, 2.05) is 84.9 Å². The molecule has 0 fully saturated rings. The first-order chi connectivity index (χ1) is 14.3. The zero-order chi connectivity index (χ0) is 19.9. The van der Waals surface area contributed by atoms with E-state index >= 15 is 0 Å². The van der Waals surface area contributed by atoms with Crippen molar-refractivity contribution >= 4 is 11.7 Å². The van der Waals surface area contributed by atoms with E-state index in [0.717, 1.165) is 16.7 Å². The maximum absolute atomic E-state index is 12.7. The van der Waals surface area contributed by atoms with Crippen molar-refractivity contribution < 1.29 is 9.53 Å². The minimum absolute atomic E-state index is 0.229. The lowest BCUT2D eigenvalue weighted by atomic mass is 10.0. The molecule has 0 bridgehead atoms. The van der Waals surface area contributed by atoms with Crippen LogP contribution in [-0.4, -0.2) is 10.9 Å². The van der Waals surface area contributed by atoms with E-state index in [0.29, 0.717) is 23.7 Å². The number of aromatic nitrogens is 1. The molecular formula is C25H20N2O2. The summed E-state index contributed by atoms with van der Waals surface area (Å²) in [6, 6.07) is 31.0. The molecule has 0 aliphatic carbocycles. The number of ether oxygens (including phenoxy) is 1. The van der Waals surface area contributed by atoms with Crippen molar-refractivity contribution in [2.45, 2.75) is 6.61 Å². The SMILES string of the molecule is O=C(Nc1ncccc1OCc1ccccc1)c1ccc(-c2ccccc2)cc1. The lowest BCUT2D eigenvalue weighted by Crippen LogP contribution is -2.14. The Kier molecular flexibility index (Phi) is 5.63. The Hall–Kier alpha value is -3.92. The van der Waals surface area contributed by atoms with Gasteiger partial charge in [0.25, 0.3) is 5.91 Å². The van der Waals surface area contributed by atoms with Gasteiger partial charge in [-0.1, -0.05) is 72.8 Å². The third kappa shape index (κ3) is 4.68. The van der Waals surface area contributed by atoms with E-state index < -0.39 is 0 Å². The van der Waals surface area contributed by atoms with Gasteiger partial charge in [0.2, 0.25) is 0 Å². The lowest BCUT2D eigenvalue weighted by Gasteiger charge is -2.12. The van der Waals surface area contributed by atoms with Gasteiger partial charge >= 0.3 is 0 Å². The average molecular weight is 380 g/mol. The second kappa shape index (κ2) is 8.85. The van der Waals surface area contributed by atoms with Crippen LogP contribution in [0.3, 0.4) is 0 Å². The first-order valence-electron chi connectivity index (χ1n) is 9.38. The van der Waals surface area contributed by atoms with E-state index in [4.69, 9.17) is 4.74 Å². The molecule has 0 radical (unpaired) electrons. The number of carbonyl (C=O) groups is 1. The fraction of sp³-hybridized carbons (Fsp3) is 0.0400. The Bertz CT molecular complexity index is 1080. The summed E-state index contributed by atoms with van der Waals surface area (Å²) >= 11 is 0. The highest BCUT2D eigenvalue weighted by Gasteiger charge is 2.11. The Morgan fingerprint density at radius 1 is 0.759 bits per heavy atom. The fourth-order valence-corrected chi connectivity index (χ4v) is 2.96. The van der Waals surface area contributed by atoms with Crippen LogP contribution in [0.4, 0.5) is 5.82 Å². The zero-order valence-corrected chi connectivity index (χ0v) is 15.8. The van der Waals surface area contributed by atoms with Crippen LogP contribution in [0.1, 0.15) is 15.9 Å². The van der Waals surface area contributed by atoms with E-state index in [1.54, 1.807) is 18.3 Å². The normalized spacial score (nSPS) is 10.3. The van der Waals surface area contributed by atoms with E-state index in [2.05, 4.69) is 10.3 Å². The van der Waals surface area contributed by atoms with Crippen molar-refractivity contribution in [2.24, 2.45) is 0 Å². The molecule has 0 aliphatic rings. The number of pyridine rings is 1. The number of hydrogen-bond donors (Lipinski definition) is 1. The minimum Gasteiger partial charge on any atom is -0.485 e. The first-order valence-corrected chi connectivity index (χ1v) is 9.38. The molecule has 4 nitrogen and oxygen atoms in total. The predicted molar refractivity (Wildman–Crippen MR) is 115 cm³/mol.